The molecule has 86 valence electrons. The van der Waals surface area contributed by atoms with Crippen molar-refractivity contribution in [1.82, 2.24) is 0 Å². The topological polar surface area (TPSA) is 75.6 Å². The standard InChI is InChI=1S/C11H13NO4/c1-7(13)10(14)12-9-6-4-3-5-8(9)11(15)16-2/h3-7,13H,1-2H3,(H,12,14). The minimum absolute atomic E-state index is 0.249. The Kier molecular flexibility index (Phi) is 4.02. The first-order valence-corrected chi connectivity index (χ1v) is 4.72. The Balaban J connectivity index is 2.95. The number of esters is 1. The smallest absolute Gasteiger partial charge is 0.339 e. The van der Waals surface area contributed by atoms with Gasteiger partial charge in [0.15, 0.2) is 0 Å². The number of methoxy groups -OCH3 is 1. The maximum atomic E-state index is 11.3. The van der Waals surface area contributed by atoms with E-state index < -0.39 is 18.0 Å². The van der Waals surface area contributed by atoms with Crippen LogP contribution in [0.1, 0.15) is 17.3 Å². The van der Waals surface area contributed by atoms with E-state index in [1.807, 2.05) is 0 Å². The Hall–Kier alpha value is -1.88. The van der Waals surface area contributed by atoms with E-state index in [0.717, 1.165) is 0 Å². The Morgan fingerprint density at radius 3 is 2.56 bits per heavy atom. The summed E-state index contributed by atoms with van der Waals surface area (Å²) in [6.07, 6.45) is -1.13. The van der Waals surface area contributed by atoms with Crippen molar-refractivity contribution in [3.63, 3.8) is 0 Å². The second-order valence-electron chi connectivity index (χ2n) is 3.20. The van der Waals surface area contributed by atoms with E-state index in [4.69, 9.17) is 5.11 Å². The van der Waals surface area contributed by atoms with Gasteiger partial charge in [-0.15, -0.1) is 0 Å². The van der Waals surface area contributed by atoms with Crippen LogP contribution >= 0.6 is 0 Å². The number of benzene rings is 1. The van der Waals surface area contributed by atoms with E-state index in [0.29, 0.717) is 5.69 Å². The van der Waals surface area contributed by atoms with E-state index in [1.165, 1.54) is 20.1 Å². The molecule has 0 bridgehead atoms. The van der Waals surface area contributed by atoms with Crippen LogP contribution in [0.25, 0.3) is 0 Å². The Labute approximate surface area is 93.0 Å². The SMILES string of the molecule is COC(=O)c1ccccc1NC(=O)C(C)O. The fourth-order valence-electron chi connectivity index (χ4n) is 1.12. The molecule has 0 aromatic heterocycles. The summed E-state index contributed by atoms with van der Waals surface area (Å²) >= 11 is 0. The van der Waals surface area contributed by atoms with Crippen LogP contribution in [0.3, 0.4) is 0 Å². The third-order valence-corrected chi connectivity index (χ3v) is 1.97. The maximum Gasteiger partial charge on any atom is 0.339 e. The van der Waals surface area contributed by atoms with Crippen molar-refractivity contribution in [3.05, 3.63) is 29.8 Å². The maximum absolute atomic E-state index is 11.3. The molecule has 1 aromatic rings. The summed E-state index contributed by atoms with van der Waals surface area (Å²) in [5, 5.41) is 11.5. The van der Waals surface area contributed by atoms with E-state index in [9.17, 15) is 9.59 Å². The second-order valence-corrected chi connectivity index (χ2v) is 3.20. The number of anilines is 1. The number of aliphatic hydroxyl groups is 1. The van der Waals surface area contributed by atoms with Gasteiger partial charge in [-0.05, 0) is 19.1 Å². The zero-order valence-corrected chi connectivity index (χ0v) is 9.06. The van der Waals surface area contributed by atoms with Gasteiger partial charge in [-0.1, -0.05) is 12.1 Å². The predicted octanol–water partition coefficient (Wildman–Crippen LogP) is 0.792. The van der Waals surface area contributed by atoms with Gasteiger partial charge in [0.25, 0.3) is 5.91 Å². The normalized spacial score (nSPS) is 11.7. The number of para-hydroxylation sites is 1. The van der Waals surface area contributed by atoms with Crippen LogP contribution in [0.2, 0.25) is 0 Å². The molecule has 1 amide bonds. The number of nitrogens with one attached hydrogen (secondary N) is 1. The number of amides is 1. The lowest BCUT2D eigenvalue weighted by molar-refractivity contribution is -0.123. The molecule has 16 heavy (non-hydrogen) atoms. The minimum atomic E-state index is -1.13. The van der Waals surface area contributed by atoms with Crippen molar-refractivity contribution in [1.29, 1.82) is 0 Å². The molecule has 0 saturated carbocycles. The van der Waals surface area contributed by atoms with Gasteiger partial charge in [0.2, 0.25) is 0 Å². The average Bonchev–Trinajstić information content (AvgIpc) is 2.28. The van der Waals surface area contributed by atoms with E-state index in [1.54, 1.807) is 18.2 Å². The third kappa shape index (κ3) is 2.80. The molecular formula is C11H13NO4. The number of ether oxygens (including phenoxy) is 1. The number of carbonyl (C=O) groups excluding carboxylic acids is 2. The molecule has 5 nitrogen and oxygen atoms in total. The highest BCUT2D eigenvalue weighted by atomic mass is 16.5. The van der Waals surface area contributed by atoms with Crippen molar-refractivity contribution in [2.75, 3.05) is 12.4 Å². The minimum Gasteiger partial charge on any atom is -0.465 e. The van der Waals surface area contributed by atoms with Crippen molar-refractivity contribution >= 4 is 17.6 Å². The van der Waals surface area contributed by atoms with Crippen LogP contribution in [0.15, 0.2) is 24.3 Å². The molecule has 0 saturated heterocycles. The van der Waals surface area contributed by atoms with Crippen molar-refractivity contribution in [2.45, 2.75) is 13.0 Å². The summed E-state index contributed by atoms with van der Waals surface area (Å²) in [4.78, 5) is 22.6. The predicted molar refractivity (Wildman–Crippen MR) is 58.1 cm³/mol. The first-order valence-electron chi connectivity index (χ1n) is 4.72. The van der Waals surface area contributed by atoms with Crippen LogP contribution in [-0.2, 0) is 9.53 Å². The third-order valence-electron chi connectivity index (χ3n) is 1.97. The largest absolute Gasteiger partial charge is 0.465 e. The first kappa shape index (κ1) is 12.2. The van der Waals surface area contributed by atoms with Gasteiger partial charge in [-0.2, -0.15) is 0 Å². The quantitative estimate of drug-likeness (QED) is 0.743. The molecule has 0 aliphatic heterocycles. The Morgan fingerprint density at radius 2 is 2.00 bits per heavy atom. The van der Waals surface area contributed by atoms with Crippen molar-refractivity contribution in [2.24, 2.45) is 0 Å². The lowest BCUT2D eigenvalue weighted by Crippen LogP contribution is -2.25. The lowest BCUT2D eigenvalue weighted by Gasteiger charge is -2.10. The van der Waals surface area contributed by atoms with Crippen molar-refractivity contribution in [3.8, 4) is 0 Å². The number of aliphatic hydroxyl groups excluding tert-OH is 1. The molecule has 0 heterocycles. The first-order chi connectivity index (χ1) is 7.56. The van der Waals surface area contributed by atoms with Crippen LogP contribution in [0, 0.1) is 0 Å². The highest BCUT2D eigenvalue weighted by molar-refractivity contribution is 6.02. The van der Waals surface area contributed by atoms with Crippen LogP contribution in [-0.4, -0.2) is 30.2 Å². The fraction of sp³-hybridized carbons (Fsp3) is 0.273. The highest BCUT2D eigenvalue weighted by Crippen LogP contribution is 2.16. The number of rotatable bonds is 3. The van der Waals surface area contributed by atoms with Gasteiger partial charge >= 0.3 is 5.97 Å². The molecule has 1 unspecified atom stereocenters. The zero-order valence-electron chi connectivity index (χ0n) is 9.06. The lowest BCUT2D eigenvalue weighted by atomic mass is 10.1. The number of carbonyl (C=O) groups is 2. The summed E-state index contributed by atoms with van der Waals surface area (Å²) in [6, 6.07) is 6.42. The summed E-state index contributed by atoms with van der Waals surface area (Å²) < 4.78 is 4.57. The highest BCUT2D eigenvalue weighted by Gasteiger charge is 2.15. The summed E-state index contributed by atoms with van der Waals surface area (Å²) in [6.45, 7) is 1.34. The summed E-state index contributed by atoms with van der Waals surface area (Å²) in [5.41, 5.74) is 0.569. The van der Waals surface area contributed by atoms with Gasteiger partial charge in [-0.25, -0.2) is 4.79 Å². The van der Waals surface area contributed by atoms with Gasteiger partial charge in [0, 0.05) is 0 Å². The monoisotopic (exact) mass is 223 g/mol. The Bertz CT molecular complexity index is 401. The molecule has 0 aliphatic carbocycles. The molecule has 1 aromatic carbocycles. The molecule has 2 N–H and O–H groups in total. The number of hydrogen-bond donors (Lipinski definition) is 2. The molecule has 1 rings (SSSR count). The molecule has 5 heteroatoms. The van der Waals surface area contributed by atoms with Gasteiger partial charge in [0.05, 0.1) is 18.4 Å². The molecule has 0 spiro atoms. The van der Waals surface area contributed by atoms with E-state index in [-0.39, 0.29) is 5.56 Å². The molecule has 0 aliphatic rings. The van der Waals surface area contributed by atoms with Crippen LogP contribution in [0.4, 0.5) is 5.69 Å². The zero-order chi connectivity index (χ0) is 12.1. The van der Waals surface area contributed by atoms with E-state index in [2.05, 4.69) is 10.1 Å². The van der Waals surface area contributed by atoms with Gasteiger partial charge in [0.1, 0.15) is 6.10 Å². The summed E-state index contributed by atoms with van der Waals surface area (Å²) in [7, 11) is 1.26. The Morgan fingerprint density at radius 1 is 1.38 bits per heavy atom. The van der Waals surface area contributed by atoms with Gasteiger partial charge < -0.3 is 15.2 Å². The molecular weight excluding hydrogens is 210 g/mol. The van der Waals surface area contributed by atoms with Crippen LogP contribution < -0.4 is 5.32 Å². The molecule has 1 atom stereocenters. The average molecular weight is 223 g/mol. The molecule has 0 radical (unpaired) electrons. The number of hydrogen-bond acceptors (Lipinski definition) is 4. The van der Waals surface area contributed by atoms with Crippen LogP contribution in [0.5, 0.6) is 0 Å². The second kappa shape index (κ2) is 5.27. The van der Waals surface area contributed by atoms with Crippen molar-refractivity contribution < 1.29 is 19.4 Å². The van der Waals surface area contributed by atoms with Gasteiger partial charge in [-0.3, -0.25) is 4.79 Å². The fourth-order valence-corrected chi connectivity index (χ4v) is 1.12. The summed E-state index contributed by atoms with van der Waals surface area (Å²) in [5.74, 6) is -1.11. The molecule has 0 fully saturated rings. The van der Waals surface area contributed by atoms with E-state index >= 15 is 0 Å².